The van der Waals surface area contributed by atoms with Crippen LogP contribution in [0.3, 0.4) is 0 Å². The van der Waals surface area contributed by atoms with Gasteiger partial charge in [-0.1, -0.05) is 18.2 Å². The number of fused-ring (bicyclic) bond motifs is 2. The Hall–Kier alpha value is -2.83. The Morgan fingerprint density at radius 1 is 1.04 bits per heavy atom. The summed E-state index contributed by atoms with van der Waals surface area (Å²) in [6.45, 7) is 5.46. The van der Waals surface area contributed by atoms with Gasteiger partial charge in [-0.3, -0.25) is 25.2 Å². The highest BCUT2D eigenvalue weighted by Gasteiger charge is 2.51. The molecule has 7 heteroatoms. The smallest absolute Gasteiger partial charge is 0.307 e. The number of carboxylic acid groups (broad SMARTS) is 1. The average molecular weight is 372 g/mol. The molecule has 27 heavy (non-hydrogen) atoms. The number of carboxylic acids is 1. The zero-order valence-corrected chi connectivity index (χ0v) is 15.6. The fraction of sp³-hybridized carbons (Fsp3) is 0.450. The first-order valence-electron chi connectivity index (χ1n) is 9.02. The highest BCUT2D eigenvalue weighted by Crippen LogP contribution is 2.48. The maximum atomic E-state index is 12.5. The minimum Gasteiger partial charge on any atom is -0.481 e. The first-order valence-corrected chi connectivity index (χ1v) is 9.02. The van der Waals surface area contributed by atoms with Gasteiger partial charge < -0.3 is 9.84 Å². The molecule has 2 aliphatic rings. The van der Waals surface area contributed by atoms with Crippen molar-refractivity contribution in [1.82, 2.24) is 10.9 Å². The Morgan fingerprint density at radius 3 is 2.22 bits per heavy atom. The predicted octanol–water partition coefficient (Wildman–Crippen LogP) is 1.74. The molecule has 2 amide bonds. The molecule has 5 atom stereocenters. The van der Waals surface area contributed by atoms with Gasteiger partial charge in [0, 0.05) is 0 Å². The molecule has 2 bridgehead atoms. The van der Waals surface area contributed by atoms with E-state index in [0.29, 0.717) is 12.2 Å². The van der Waals surface area contributed by atoms with Gasteiger partial charge in [-0.05, 0) is 62.3 Å². The number of nitrogens with one attached hydrogen (secondary N) is 2. The third-order valence-corrected chi connectivity index (χ3v) is 5.23. The molecule has 1 aromatic carbocycles. The molecule has 0 spiro atoms. The van der Waals surface area contributed by atoms with Gasteiger partial charge in [-0.2, -0.15) is 0 Å². The SMILES string of the molecule is Cc1cc(C)cc(O[C@@H](C)C(=O)NNC(=O)[C@H]2[C@@H](C(=O)O)[C@H]3C=C[C@@H]2C3)c1. The highest BCUT2D eigenvalue weighted by molar-refractivity contribution is 5.89. The monoisotopic (exact) mass is 372 g/mol. The van der Waals surface area contributed by atoms with Crippen LogP contribution >= 0.6 is 0 Å². The molecule has 0 aromatic heterocycles. The van der Waals surface area contributed by atoms with E-state index in [1.807, 2.05) is 44.2 Å². The van der Waals surface area contributed by atoms with Crippen molar-refractivity contribution in [3.05, 3.63) is 41.5 Å². The van der Waals surface area contributed by atoms with Gasteiger partial charge in [0.1, 0.15) is 5.75 Å². The molecule has 1 fully saturated rings. The number of rotatable bonds is 5. The summed E-state index contributed by atoms with van der Waals surface area (Å²) in [6.07, 6.45) is 3.60. The Kier molecular flexibility index (Phi) is 5.21. The zero-order valence-electron chi connectivity index (χ0n) is 15.6. The number of benzene rings is 1. The Labute approximate surface area is 157 Å². The van der Waals surface area contributed by atoms with Gasteiger partial charge in [0.2, 0.25) is 5.91 Å². The predicted molar refractivity (Wildman–Crippen MR) is 97.6 cm³/mol. The van der Waals surface area contributed by atoms with Gasteiger partial charge in [-0.25, -0.2) is 0 Å². The summed E-state index contributed by atoms with van der Waals surface area (Å²) in [7, 11) is 0. The third-order valence-electron chi connectivity index (χ3n) is 5.23. The number of allylic oxidation sites excluding steroid dienone is 2. The van der Waals surface area contributed by atoms with Crippen LogP contribution < -0.4 is 15.6 Å². The van der Waals surface area contributed by atoms with E-state index < -0.39 is 35.7 Å². The number of ether oxygens (including phenoxy) is 1. The third kappa shape index (κ3) is 3.97. The molecule has 144 valence electrons. The van der Waals surface area contributed by atoms with Gasteiger partial charge in [-0.15, -0.1) is 0 Å². The summed E-state index contributed by atoms with van der Waals surface area (Å²) in [5.41, 5.74) is 6.76. The lowest BCUT2D eigenvalue weighted by atomic mass is 9.82. The molecule has 0 unspecified atom stereocenters. The lowest BCUT2D eigenvalue weighted by Crippen LogP contribution is -2.51. The van der Waals surface area contributed by atoms with Crippen molar-refractivity contribution in [1.29, 1.82) is 0 Å². The molecule has 2 aliphatic carbocycles. The van der Waals surface area contributed by atoms with E-state index in [1.165, 1.54) is 0 Å². The largest absolute Gasteiger partial charge is 0.481 e. The minimum atomic E-state index is -0.982. The Bertz CT molecular complexity index is 783. The second-order valence-corrected chi connectivity index (χ2v) is 7.40. The molecule has 7 nitrogen and oxygen atoms in total. The van der Waals surface area contributed by atoms with Crippen molar-refractivity contribution < 1.29 is 24.2 Å². The molecule has 0 saturated heterocycles. The lowest BCUT2D eigenvalue weighted by Gasteiger charge is -2.24. The maximum absolute atomic E-state index is 12.5. The van der Waals surface area contributed by atoms with E-state index in [4.69, 9.17) is 4.74 Å². The van der Waals surface area contributed by atoms with Gasteiger partial charge >= 0.3 is 5.97 Å². The fourth-order valence-corrected chi connectivity index (χ4v) is 4.08. The number of carbonyl (C=O) groups is 3. The van der Waals surface area contributed by atoms with Crippen LogP contribution in [0.5, 0.6) is 5.75 Å². The molecule has 3 N–H and O–H groups in total. The van der Waals surface area contributed by atoms with E-state index in [2.05, 4.69) is 10.9 Å². The maximum Gasteiger partial charge on any atom is 0.307 e. The quantitative estimate of drug-likeness (QED) is 0.539. The molecular formula is C20H24N2O5. The fourth-order valence-electron chi connectivity index (χ4n) is 4.08. The van der Waals surface area contributed by atoms with Crippen LogP contribution in [0.15, 0.2) is 30.4 Å². The van der Waals surface area contributed by atoms with Crippen molar-refractivity contribution in [3.8, 4) is 5.75 Å². The van der Waals surface area contributed by atoms with Crippen molar-refractivity contribution in [2.24, 2.45) is 23.7 Å². The van der Waals surface area contributed by atoms with Crippen LogP contribution in [0.2, 0.25) is 0 Å². The van der Waals surface area contributed by atoms with Crippen LogP contribution in [0.4, 0.5) is 0 Å². The van der Waals surface area contributed by atoms with Crippen molar-refractivity contribution in [2.45, 2.75) is 33.3 Å². The molecule has 3 rings (SSSR count). The topological polar surface area (TPSA) is 105 Å². The van der Waals surface area contributed by atoms with E-state index >= 15 is 0 Å². The van der Waals surface area contributed by atoms with E-state index in [0.717, 1.165) is 11.1 Å². The number of amides is 2. The van der Waals surface area contributed by atoms with E-state index in [1.54, 1.807) is 6.92 Å². The molecule has 0 radical (unpaired) electrons. The molecule has 0 aliphatic heterocycles. The highest BCUT2D eigenvalue weighted by atomic mass is 16.5. The van der Waals surface area contributed by atoms with Crippen LogP contribution in [0.1, 0.15) is 24.5 Å². The van der Waals surface area contributed by atoms with Crippen molar-refractivity contribution in [3.63, 3.8) is 0 Å². The number of aryl methyl sites for hydroxylation is 2. The van der Waals surface area contributed by atoms with Crippen LogP contribution in [-0.4, -0.2) is 29.0 Å². The van der Waals surface area contributed by atoms with Gasteiger partial charge in [0.25, 0.3) is 5.91 Å². The second kappa shape index (κ2) is 7.42. The van der Waals surface area contributed by atoms with E-state index in [-0.39, 0.29) is 11.8 Å². The summed E-state index contributed by atoms with van der Waals surface area (Å²) in [5, 5.41) is 9.41. The van der Waals surface area contributed by atoms with Crippen molar-refractivity contribution in [2.75, 3.05) is 0 Å². The number of aliphatic carboxylic acids is 1. The van der Waals surface area contributed by atoms with E-state index in [9.17, 15) is 19.5 Å². The average Bonchev–Trinajstić information content (AvgIpc) is 3.19. The molecular weight excluding hydrogens is 348 g/mol. The molecule has 0 heterocycles. The van der Waals surface area contributed by atoms with Gasteiger partial charge in [0.05, 0.1) is 11.8 Å². The second-order valence-electron chi connectivity index (χ2n) is 7.40. The number of hydrogen-bond donors (Lipinski definition) is 3. The normalized spacial score (nSPS) is 26.5. The first kappa shape index (κ1) is 18.9. The first-order chi connectivity index (χ1) is 12.8. The number of hydrogen-bond acceptors (Lipinski definition) is 4. The van der Waals surface area contributed by atoms with Crippen LogP contribution in [-0.2, 0) is 14.4 Å². The summed E-state index contributed by atoms with van der Waals surface area (Å²) in [5.74, 6) is -3.04. The Morgan fingerprint density at radius 2 is 1.63 bits per heavy atom. The van der Waals surface area contributed by atoms with Gasteiger partial charge in [0.15, 0.2) is 6.10 Å². The Balaban J connectivity index is 1.56. The molecule has 1 saturated carbocycles. The minimum absolute atomic E-state index is 0.100. The summed E-state index contributed by atoms with van der Waals surface area (Å²) in [6, 6.07) is 5.66. The molecule has 1 aromatic rings. The van der Waals surface area contributed by atoms with Crippen LogP contribution in [0, 0.1) is 37.5 Å². The summed E-state index contributed by atoms with van der Waals surface area (Å²) < 4.78 is 5.64. The van der Waals surface area contributed by atoms with Crippen molar-refractivity contribution >= 4 is 17.8 Å². The number of hydrazine groups is 1. The summed E-state index contributed by atoms with van der Waals surface area (Å²) in [4.78, 5) is 36.2. The zero-order chi connectivity index (χ0) is 19.7. The lowest BCUT2D eigenvalue weighted by molar-refractivity contribution is -0.148. The van der Waals surface area contributed by atoms with Crippen LogP contribution in [0.25, 0.3) is 0 Å². The standard InChI is InChI=1S/C20H24N2O5/c1-10-6-11(2)8-15(7-10)27-12(3)18(23)21-22-19(24)16-13-4-5-14(9-13)17(16)20(25)26/h4-8,12-14,16-17H,9H2,1-3H3,(H,21,23)(H,22,24)(H,25,26)/t12-,13+,14-,16+,17-/m0/s1. The number of carbonyl (C=O) groups excluding carboxylic acids is 2. The summed E-state index contributed by atoms with van der Waals surface area (Å²) >= 11 is 0.